The number of hydrogen-bond donors (Lipinski definition) is 1. The van der Waals surface area contributed by atoms with Crippen LogP contribution in [0.4, 0.5) is 10.5 Å². The number of nitrogens with one attached hydrogen (secondary N) is 1. The van der Waals surface area contributed by atoms with Crippen molar-refractivity contribution in [3.8, 4) is 0 Å². The van der Waals surface area contributed by atoms with Crippen molar-refractivity contribution < 1.29 is 24.0 Å². The normalized spacial score (nSPS) is 20.4. The second-order valence-corrected chi connectivity index (χ2v) is 6.84. The van der Waals surface area contributed by atoms with E-state index in [4.69, 9.17) is 4.74 Å². The number of non-ortho nitro benzene ring substituents is 1. The van der Waals surface area contributed by atoms with Crippen LogP contribution in [0, 0.1) is 10.1 Å². The number of carbonyl (C=O) groups is 3. The molecular weight excluding hydrogens is 330 g/mol. The number of nitrogens with zero attached hydrogens (tertiary/aromatic N) is 2. The van der Waals surface area contributed by atoms with E-state index < -0.39 is 40.5 Å². The molecule has 0 aromatic heterocycles. The molecule has 0 aliphatic carbocycles. The minimum atomic E-state index is -1.41. The molecule has 3 amide bonds. The van der Waals surface area contributed by atoms with Gasteiger partial charge in [-0.05, 0) is 45.4 Å². The van der Waals surface area contributed by atoms with Crippen molar-refractivity contribution >= 4 is 23.6 Å². The van der Waals surface area contributed by atoms with Crippen LogP contribution >= 0.6 is 0 Å². The summed E-state index contributed by atoms with van der Waals surface area (Å²) in [5, 5.41) is 13.2. The topological polar surface area (TPSA) is 119 Å². The third-order valence-corrected chi connectivity index (χ3v) is 3.64. The van der Waals surface area contributed by atoms with E-state index in [0.29, 0.717) is 5.56 Å². The monoisotopic (exact) mass is 349 g/mol. The number of esters is 1. The van der Waals surface area contributed by atoms with E-state index in [9.17, 15) is 24.5 Å². The van der Waals surface area contributed by atoms with Crippen molar-refractivity contribution in [3.63, 3.8) is 0 Å². The van der Waals surface area contributed by atoms with E-state index >= 15 is 0 Å². The second kappa shape index (κ2) is 6.15. The summed E-state index contributed by atoms with van der Waals surface area (Å²) in [6.07, 6.45) is 0. The Labute approximate surface area is 144 Å². The summed E-state index contributed by atoms with van der Waals surface area (Å²) in [6.45, 7) is 6.00. The molecule has 2 rings (SSSR count). The summed E-state index contributed by atoms with van der Waals surface area (Å²) in [4.78, 5) is 47.6. The van der Waals surface area contributed by atoms with Crippen LogP contribution in [0.3, 0.4) is 0 Å². The summed E-state index contributed by atoms with van der Waals surface area (Å²) in [5.74, 6) is -1.33. The van der Waals surface area contributed by atoms with Gasteiger partial charge in [0, 0.05) is 12.1 Å². The van der Waals surface area contributed by atoms with Gasteiger partial charge < -0.3 is 10.1 Å². The first-order valence-electron chi connectivity index (χ1n) is 7.55. The number of ether oxygens (including phenoxy) is 1. The Balaban J connectivity index is 2.21. The summed E-state index contributed by atoms with van der Waals surface area (Å²) in [5.41, 5.74) is -1.90. The average molecular weight is 349 g/mol. The first kappa shape index (κ1) is 18.4. The quantitative estimate of drug-likeness (QED) is 0.382. The first-order chi connectivity index (χ1) is 11.4. The minimum absolute atomic E-state index is 0.130. The second-order valence-electron chi connectivity index (χ2n) is 6.84. The van der Waals surface area contributed by atoms with Gasteiger partial charge in [0.05, 0.1) is 4.92 Å². The predicted molar refractivity (Wildman–Crippen MR) is 86.5 cm³/mol. The van der Waals surface area contributed by atoms with Crippen LogP contribution in [-0.4, -0.2) is 39.9 Å². The Morgan fingerprint density at radius 2 is 1.84 bits per heavy atom. The number of urea groups is 1. The van der Waals surface area contributed by atoms with Crippen LogP contribution in [0.2, 0.25) is 0 Å². The highest BCUT2D eigenvalue weighted by molar-refractivity contribution is 6.08. The molecular formula is C16H19N3O6. The standard InChI is InChI=1S/C16H19N3O6/c1-15(2,3)25-12(20)9-18-13(21)16(4,17-14(18)22)10-5-7-11(8-6-10)19(23)24/h5-8H,9H2,1-4H3,(H,17,22)/t16-/m0/s1. The molecule has 134 valence electrons. The van der Waals surface area contributed by atoms with Crippen molar-refractivity contribution in [3.05, 3.63) is 39.9 Å². The number of nitro groups is 1. The predicted octanol–water partition coefficient (Wildman–Crippen LogP) is 1.70. The number of amides is 3. The lowest BCUT2D eigenvalue weighted by Gasteiger charge is -2.23. The average Bonchev–Trinajstić information content (AvgIpc) is 2.70. The minimum Gasteiger partial charge on any atom is -0.459 e. The van der Waals surface area contributed by atoms with Crippen molar-refractivity contribution in [1.82, 2.24) is 10.2 Å². The van der Waals surface area contributed by atoms with Gasteiger partial charge in [-0.25, -0.2) is 4.79 Å². The highest BCUT2D eigenvalue weighted by Gasteiger charge is 2.49. The Morgan fingerprint density at radius 3 is 2.32 bits per heavy atom. The van der Waals surface area contributed by atoms with Crippen LogP contribution < -0.4 is 5.32 Å². The smallest absolute Gasteiger partial charge is 0.326 e. The van der Waals surface area contributed by atoms with E-state index in [-0.39, 0.29) is 5.69 Å². The van der Waals surface area contributed by atoms with Gasteiger partial charge in [-0.2, -0.15) is 0 Å². The number of carbonyl (C=O) groups excluding carboxylic acids is 3. The zero-order chi connectivity index (χ0) is 19.0. The molecule has 1 heterocycles. The molecule has 1 fully saturated rings. The highest BCUT2D eigenvalue weighted by atomic mass is 16.6. The van der Waals surface area contributed by atoms with Crippen molar-refractivity contribution in [2.24, 2.45) is 0 Å². The zero-order valence-electron chi connectivity index (χ0n) is 14.4. The van der Waals surface area contributed by atoms with Crippen LogP contribution in [-0.2, 0) is 19.9 Å². The Morgan fingerprint density at radius 1 is 1.28 bits per heavy atom. The van der Waals surface area contributed by atoms with Gasteiger partial charge in [0.15, 0.2) is 0 Å². The van der Waals surface area contributed by atoms with Gasteiger partial charge in [-0.3, -0.25) is 24.6 Å². The van der Waals surface area contributed by atoms with Crippen molar-refractivity contribution in [2.75, 3.05) is 6.54 Å². The molecule has 1 aromatic carbocycles. The van der Waals surface area contributed by atoms with Gasteiger partial charge >= 0.3 is 12.0 Å². The molecule has 1 saturated heterocycles. The lowest BCUT2D eigenvalue weighted by molar-refractivity contribution is -0.384. The lowest BCUT2D eigenvalue weighted by Crippen LogP contribution is -2.42. The van der Waals surface area contributed by atoms with Gasteiger partial charge in [-0.15, -0.1) is 0 Å². The Hall–Kier alpha value is -2.97. The number of rotatable bonds is 4. The molecule has 0 bridgehead atoms. The Kier molecular flexibility index (Phi) is 4.52. The lowest BCUT2D eigenvalue weighted by atomic mass is 9.92. The highest BCUT2D eigenvalue weighted by Crippen LogP contribution is 2.30. The summed E-state index contributed by atoms with van der Waals surface area (Å²) < 4.78 is 5.12. The SMILES string of the molecule is CC(C)(C)OC(=O)CN1C(=O)N[C@@](C)(c2ccc([N+](=O)[O-])cc2)C1=O. The molecule has 0 saturated carbocycles. The van der Waals surface area contributed by atoms with Gasteiger partial charge in [0.2, 0.25) is 0 Å². The van der Waals surface area contributed by atoms with E-state index in [2.05, 4.69) is 5.32 Å². The van der Waals surface area contributed by atoms with E-state index in [0.717, 1.165) is 4.90 Å². The molecule has 9 nitrogen and oxygen atoms in total. The number of imide groups is 1. The maximum Gasteiger partial charge on any atom is 0.326 e. The largest absolute Gasteiger partial charge is 0.459 e. The molecule has 1 N–H and O–H groups in total. The fourth-order valence-corrected chi connectivity index (χ4v) is 2.46. The maximum atomic E-state index is 12.7. The summed E-state index contributed by atoms with van der Waals surface area (Å²) in [6, 6.07) is 4.56. The molecule has 1 aliphatic rings. The van der Waals surface area contributed by atoms with Crippen LogP contribution in [0.25, 0.3) is 0 Å². The summed E-state index contributed by atoms with van der Waals surface area (Å²) >= 11 is 0. The van der Waals surface area contributed by atoms with Crippen molar-refractivity contribution in [1.29, 1.82) is 0 Å². The van der Waals surface area contributed by atoms with Crippen molar-refractivity contribution in [2.45, 2.75) is 38.8 Å². The molecule has 9 heteroatoms. The number of benzene rings is 1. The third kappa shape index (κ3) is 3.76. The summed E-state index contributed by atoms with van der Waals surface area (Å²) in [7, 11) is 0. The number of nitro benzene ring substituents is 1. The number of hydrogen-bond acceptors (Lipinski definition) is 6. The van der Waals surface area contributed by atoms with E-state index in [1.165, 1.54) is 31.2 Å². The fourth-order valence-electron chi connectivity index (χ4n) is 2.46. The zero-order valence-corrected chi connectivity index (χ0v) is 14.4. The first-order valence-corrected chi connectivity index (χ1v) is 7.55. The molecule has 0 spiro atoms. The molecule has 1 atom stereocenters. The van der Waals surface area contributed by atoms with Crippen LogP contribution in [0.5, 0.6) is 0 Å². The van der Waals surface area contributed by atoms with E-state index in [1.807, 2.05) is 0 Å². The van der Waals surface area contributed by atoms with Gasteiger partial charge in [0.25, 0.3) is 11.6 Å². The Bertz CT molecular complexity index is 737. The third-order valence-electron chi connectivity index (χ3n) is 3.64. The molecule has 0 unspecified atom stereocenters. The van der Waals surface area contributed by atoms with Crippen LogP contribution in [0.15, 0.2) is 24.3 Å². The molecule has 1 aliphatic heterocycles. The molecule has 1 aromatic rings. The maximum absolute atomic E-state index is 12.7. The molecule has 25 heavy (non-hydrogen) atoms. The molecule has 0 radical (unpaired) electrons. The van der Waals surface area contributed by atoms with Crippen LogP contribution in [0.1, 0.15) is 33.3 Å². The van der Waals surface area contributed by atoms with E-state index in [1.54, 1.807) is 20.8 Å². The fraction of sp³-hybridized carbons (Fsp3) is 0.438. The van der Waals surface area contributed by atoms with Gasteiger partial charge in [0.1, 0.15) is 17.7 Å². The van der Waals surface area contributed by atoms with Gasteiger partial charge in [-0.1, -0.05) is 0 Å².